The van der Waals surface area contributed by atoms with Crippen LogP contribution < -0.4 is 5.32 Å². The van der Waals surface area contributed by atoms with Gasteiger partial charge in [0.1, 0.15) is 5.72 Å². The molecule has 29 heavy (non-hydrogen) atoms. The second-order valence-corrected chi connectivity index (χ2v) is 12.4. The van der Waals surface area contributed by atoms with Crippen molar-refractivity contribution < 1.29 is 9.84 Å². The molecule has 2 heterocycles. The second-order valence-electron chi connectivity index (χ2n) is 12.4. The Hall–Kier alpha value is -0.380. The van der Waals surface area contributed by atoms with Crippen LogP contribution in [0.4, 0.5) is 0 Å². The van der Waals surface area contributed by atoms with Crippen molar-refractivity contribution in [2.75, 3.05) is 6.54 Å². The van der Waals surface area contributed by atoms with Gasteiger partial charge in [-0.1, -0.05) is 32.4 Å². The molecule has 5 fully saturated rings. The lowest BCUT2D eigenvalue weighted by molar-refractivity contribution is -0.0960. The fourth-order valence-corrected chi connectivity index (χ4v) is 9.23. The number of ether oxygens (including phenoxy) is 1. The predicted octanol–water partition coefficient (Wildman–Crippen LogP) is 5.04. The first kappa shape index (κ1) is 19.3. The van der Waals surface area contributed by atoms with Crippen LogP contribution in [0.15, 0.2) is 11.6 Å². The van der Waals surface area contributed by atoms with Crippen molar-refractivity contribution in [3.63, 3.8) is 0 Å². The van der Waals surface area contributed by atoms with Gasteiger partial charge in [0, 0.05) is 6.54 Å². The molecule has 0 unspecified atom stereocenters. The highest BCUT2D eigenvalue weighted by molar-refractivity contribution is 5.26. The summed E-state index contributed by atoms with van der Waals surface area (Å²) in [6, 6.07) is 0. The van der Waals surface area contributed by atoms with E-state index < -0.39 is 0 Å². The Morgan fingerprint density at radius 3 is 2.72 bits per heavy atom. The third-order valence-electron chi connectivity index (χ3n) is 11.0. The molecule has 6 rings (SSSR count). The molecule has 6 aliphatic rings. The molecule has 0 aromatic heterocycles. The molecule has 10 atom stereocenters. The van der Waals surface area contributed by atoms with Crippen molar-refractivity contribution in [3.05, 3.63) is 11.6 Å². The number of piperidine rings is 1. The number of fused-ring (bicyclic) bond motifs is 7. The maximum atomic E-state index is 10.2. The molecule has 2 aliphatic heterocycles. The van der Waals surface area contributed by atoms with Gasteiger partial charge < -0.3 is 9.84 Å². The monoisotopic (exact) mass is 399 g/mol. The first-order chi connectivity index (χ1) is 13.8. The molecule has 2 N–H and O–H groups in total. The van der Waals surface area contributed by atoms with E-state index in [1.54, 1.807) is 5.57 Å². The van der Waals surface area contributed by atoms with Gasteiger partial charge in [-0.05, 0) is 105 Å². The van der Waals surface area contributed by atoms with Crippen LogP contribution in [0.2, 0.25) is 0 Å². The summed E-state index contributed by atoms with van der Waals surface area (Å²) in [7, 11) is 0. The Kier molecular flexibility index (Phi) is 4.21. The van der Waals surface area contributed by atoms with E-state index in [1.165, 1.54) is 51.4 Å². The van der Waals surface area contributed by atoms with Crippen molar-refractivity contribution in [1.82, 2.24) is 5.32 Å². The lowest BCUT2D eigenvalue weighted by Gasteiger charge is -2.58. The molecule has 4 aliphatic carbocycles. The Morgan fingerprint density at radius 1 is 1.07 bits per heavy atom. The van der Waals surface area contributed by atoms with Gasteiger partial charge in [0.05, 0.1) is 12.2 Å². The normalized spacial score (nSPS) is 58.9. The quantitative estimate of drug-likeness (QED) is 0.561. The van der Waals surface area contributed by atoms with E-state index in [2.05, 4.69) is 32.2 Å². The summed E-state index contributed by atoms with van der Waals surface area (Å²) in [5.41, 5.74) is 2.41. The molecule has 3 heteroatoms. The summed E-state index contributed by atoms with van der Waals surface area (Å²) >= 11 is 0. The molecule has 3 saturated carbocycles. The van der Waals surface area contributed by atoms with Crippen LogP contribution in [0.5, 0.6) is 0 Å². The van der Waals surface area contributed by atoms with E-state index in [0.29, 0.717) is 16.9 Å². The van der Waals surface area contributed by atoms with Crippen LogP contribution in [0.25, 0.3) is 0 Å². The fourth-order valence-electron chi connectivity index (χ4n) is 9.23. The number of nitrogens with one attached hydrogen (secondary N) is 1. The Balaban J connectivity index is 1.25. The van der Waals surface area contributed by atoms with E-state index >= 15 is 0 Å². The minimum Gasteiger partial charge on any atom is -0.393 e. The van der Waals surface area contributed by atoms with Crippen molar-refractivity contribution in [3.8, 4) is 0 Å². The molecule has 162 valence electrons. The van der Waals surface area contributed by atoms with Crippen molar-refractivity contribution in [1.29, 1.82) is 0 Å². The van der Waals surface area contributed by atoms with Gasteiger partial charge in [0.25, 0.3) is 0 Å². The van der Waals surface area contributed by atoms with Crippen molar-refractivity contribution >= 4 is 0 Å². The molecule has 2 saturated heterocycles. The van der Waals surface area contributed by atoms with E-state index in [1.807, 2.05) is 0 Å². The zero-order valence-corrected chi connectivity index (χ0v) is 18.8. The topological polar surface area (TPSA) is 41.5 Å². The Morgan fingerprint density at radius 2 is 1.93 bits per heavy atom. The molecule has 0 bridgehead atoms. The van der Waals surface area contributed by atoms with Crippen LogP contribution >= 0.6 is 0 Å². The fraction of sp³-hybridized carbons (Fsp3) is 0.923. The van der Waals surface area contributed by atoms with Gasteiger partial charge >= 0.3 is 0 Å². The molecule has 0 amide bonds. The highest BCUT2D eigenvalue weighted by Crippen LogP contribution is 2.69. The third-order valence-corrected chi connectivity index (χ3v) is 11.0. The number of rotatable bonds is 0. The Labute approximate surface area is 177 Å². The molecular weight excluding hydrogens is 358 g/mol. The number of hydrogen-bond donors (Lipinski definition) is 2. The summed E-state index contributed by atoms with van der Waals surface area (Å²) < 4.78 is 6.89. The molecule has 0 aromatic carbocycles. The zero-order chi connectivity index (χ0) is 20.0. The Bertz CT molecular complexity index is 709. The summed E-state index contributed by atoms with van der Waals surface area (Å²) in [6.07, 6.45) is 15.2. The van der Waals surface area contributed by atoms with E-state index in [4.69, 9.17) is 4.74 Å². The number of aliphatic hydroxyl groups excluding tert-OH is 1. The van der Waals surface area contributed by atoms with Crippen LogP contribution in [0.1, 0.15) is 85.0 Å². The SMILES string of the molecule is C[C@@H]1CC[C@@]2(C[C@H]3[C@H](C[C@H]4[C@@H]5CC=C6C[C@@H](O)CC[C@]6(C)[C@H]5CC[C@@]43C)O2)NC1. The summed E-state index contributed by atoms with van der Waals surface area (Å²) in [5, 5.41) is 14.1. The minimum absolute atomic E-state index is 0.00219. The molecular formula is C26H41NO2. The van der Waals surface area contributed by atoms with Gasteiger partial charge in [-0.2, -0.15) is 0 Å². The molecule has 3 nitrogen and oxygen atoms in total. The van der Waals surface area contributed by atoms with E-state index in [0.717, 1.165) is 49.0 Å². The first-order valence-electron chi connectivity index (χ1n) is 12.6. The smallest absolute Gasteiger partial charge is 0.120 e. The maximum absolute atomic E-state index is 10.2. The predicted molar refractivity (Wildman–Crippen MR) is 115 cm³/mol. The summed E-state index contributed by atoms with van der Waals surface area (Å²) in [6.45, 7) is 8.67. The lowest BCUT2D eigenvalue weighted by Crippen LogP contribution is -2.53. The second kappa shape index (κ2) is 6.33. The average Bonchev–Trinajstić information content (AvgIpc) is 3.18. The van der Waals surface area contributed by atoms with Gasteiger partial charge in [0.15, 0.2) is 0 Å². The molecule has 0 radical (unpaired) electrons. The van der Waals surface area contributed by atoms with Crippen LogP contribution in [-0.4, -0.2) is 29.6 Å². The van der Waals surface area contributed by atoms with Crippen molar-refractivity contribution in [2.24, 2.45) is 40.4 Å². The van der Waals surface area contributed by atoms with Crippen LogP contribution in [0, 0.1) is 40.4 Å². The van der Waals surface area contributed by atoms with Gasteiger partial charge in [0.2, 0.25) is 0 Å². The third kappa shape index (κ3) is 2.66. The summed E-state index contributed by atoms with van der Waals surface area (Å²) in [4.78, 5) is 0. The van der Waals surface area contributed by atoms with Crippen molar-refractivity contribution in [2.45, 2.75) is 103 Å². The van der Waals surface area contributed by atoms with E-state index in [-0.39, 0.29) is 11.8 Å². The zero-order valence-electron chi connectivity index (χ0n) is 18.8. The highest BCUT2D eigenvalue weighted by atomic mass is 16.5. The first-order valence-corrected chi connectivity index (χ1v) is 12.6. The average molecular weight is 400 g/mol. The number of allylic oxidation sites excluding steroid dienone is 1. The number of hydrogen-bond acceptors (Lipinski definition) is 3. The lowest BCUT2D eigenvalue weighted by atomic mass is 9.47. The minimum atomic E-state index is -0.0964. The molecule has 0 aromatic rings. The van der Waals surface area contributed by atoms with Gasteiger partial charge in [-0.3, -0.25) is 5.32 Å². The largest absolute Gasteiger partial charge is 0.393 e. The van der Waals surface area contributed by atoms with Crippen LogP contribution in [0.3, 0.4) is 0 Å². The summed E-state index contributed by atoms with van der Waals surface area (Å²) in [5.74, 6) is 4.04. The van der Waals surface area contributed by atoms with Gasteiger partial charge in [-0.15, -0.1) is 0 Å². The van der Waals surface area contributed by atoms with E-state index in [9.17, 15) is 5.11 Å². The number of aliphatic hydroxyl groups is 1. The standard InChI is InChI=1S/C26H41NO2/c1-16-6-11-26(27-15-16)14-22-23(29-26)13-21-19-5-4-17-12-18(28)7-9-24(17,2)20(19)8-10-25(21,22)3/h4,16,18-23,27-28H,5-15H2,1-3H3/t16-,18+,19-,20+,21+,22+,23+,24+,25+,26-/m1/s1. The van der Waals surface area contributed by atoms with Crippen LogP contribution in [-0.2, 0) is 4.74 Å². The highest BCUT2D eigenvalue weighted by Gasteiger charge is 2.65. The van der Waals surface area contributed by atoms with Gasteiger partial charge in [-0.25, -0.2) is 0 Å². The maximum Gasteiger partial charge on any atom is 0.120 e. The molecule has 1 spiro atoms.